The van der Waals surface area contributed by atoms with Crippen molar-refractivity contribution in [1.29, 1.82) is 0 Å². The highest BCUT2D eigenvalue weighted by Gasteiger charge is 2.23. The van der Waals surface area contributed by atoms with Gasteiger partial charge in [0.1, 0.15) is 0 Å². The van der Waals surface area contributed by atoms with Gasteiger partial charge in [-0.3, -0.25) is 4.79 Å². The van der Waals surface area contributed by atoms with Crippen LogP contribution in [0, 0.1) is 0 Å². The number of piperazine rings is 1. The Balaban J connectivity index is 0.00000208. The van der Waals surface area contributed by atoms with Gasteiger partial charge >= 0.3 is 0 Å². The highest BCUT2D eigenvalue weighted by atomic mass is 35.5. The number of rotatable bonds is 3. The maximum atomic E-state index is 12.5. The maximum absolute atomic E-state index is 12.5. The van der Waals surface area contributed by atoms with Gasteiger partial charge in [0.15, 0.2) is 0 Å². The second-order valence-corrected chi connectivity index (χ2v) is 5.30. The van der Waals surface area contributed by atoms with E-state index in [-0.39, 0.29) is 18.3 Å². The minimum atomic E-state index is 0. The van der Waals surface area contributed by atoms with E-state index >= 15 is 0 Å². The van der Waals surface area contributed by atoms with E-state index in [0.29, 0.717) is 49.3 Å². The average Bonchev–Trinajstić information content (AvgIpc) is 2.62. The second-order valence-electron chi connectivity index (χ2n) is 5.30. The number of carbonyl (C=O) groups excluding carboxylic acids is 1. The summed E-state index contributed by atoms with van der Waals surface area (Å²) in [6.07, 6.45) is 1.67. The number of hydrogen-bond donors (Lipinski definition) is 1. The lowest BCUT2D eigenvalue weighted by atomic mass is 10.1. The first-order valence-corrected chi connectivity index (χ1v) is 7.44. The maximum Gasteiger partial charge on any atom is 0.253 e. The first-order chi connectivity index (χ1) is 11.2. The summed E-state index contributed by atoms with van der Waals surface area (Å²) < 4.78 is 5.12. The lowest BCUT2D eigenvalue weighted by Crippen LogP contribution is -2.49. The summed E-state index contributed by atoms with van der Waals surface area (Å²) in [5, 5.41) is 0. The van der Waals surface area contributed by atoms with Crippen molar-refractivity contribution in [1.82, 2.24) is 14.9 Å². The summed E-state index contributed by atoms with van der Waals surface area (Å²) in [7, 11) is 1.58. The molecule has 0 unspecified atom stereocenters. The van der Waals surface area contributed by atoms with Gasteiger partial charge in [0, 0.05) is 49.7 Å². The Kier molecular flexibility index (Phi) is 5.81. The molecule has 2 N–H and O–H groups in total. The number of hydrogen-bond acceptors (Lipinski definition) is 6. The minimum Gasteiger partial charge on any atom is -0.481 e. The number of methoxy groups -OCH3 is 1. The third-order valence-electron chi connectivity index (χ3n) is 3.83. The van der Waals surface area contributed by atoms with E-state index in [9.17, 15) is 4.79 Å². The van der Waals surface area contributed by atoms with E-state index in [1.165, 1.54) is 0 Å². The van der Waals surface area contributed by atoms with Crippen LogP contribution in [0.2, 0.25) is 0 Å². The average molecular weight is 350 g/mol. The zero-order valence-corrected chi connectivity index (χ0v) is 14.2. The Morgan fingerprint density at radius 2 is 1.79 bits per heavy atom. The fourth-order valence-corrected chi connectivity index (χ4v) is 2.52. The molecule has 1 aliphatic rings. The number of ether oxygens (including phenoxy) is 1. The highest BCUT2D eigenvalue weighted by Crippen LogP contribution is 2.16. The molecule has 0 bridgehead atoms. The zero-order valence-electron chi connectivity index (χ0n) is 13.4. The lowest BCUT2D eigenvalue weighted by molar-refractivity contribution is 0.0746. The molecule has 7 nitrogen and oxygen atoms in total. The molecule has 1 fully saturated rings. The predicted molar refractivity (Wildman–Crippen MR) is 94.8 cm³/mol. The van der Waals surface area contributed by atoms with Crippen molar-refractivity contribution in [3.8, 4) is 5.88 Å². The smallest absolute Gasteiger partial charge is 0.253 e. The molecule has 0 saturated carbocycles. The van der Waals surface area contributed by atoms with E-state index in [4.69, 9.17) is 10.5 Å². The van der Waals surface area contributed by atoms with Gasteiger partial charge in [0.25, 0.3) is 5.91 Å². The molecule has 0 radical (unpaired) electrons. The molecule has 8 heteroatoms. The molecule has 1 aromatic heterocycles. The van der Waals surface area contributed by atoms with E-state index < -0.39 is 0 Å². The molecule has 2 heterocycles. The molecule has 1 amide bonds. The minimum absolute atomic E-state index is 0. The SMILES string of the molecule is COc1ccnc(N2CCN(C(=O)c3ccc(N)cc3)CC2)n1.Cl. The molecule has 2 aromatic rings. The fourth-order valence-electron chi connectivity index (χ4n) is 2.52. The Morgan fingerprint density at radius 1 is 1.12 bits per heavy atom. The molecule has 1 aliphatic heterocycles. The van der Waals surface area contributed by atoms with Crippen LogP contribution in [0.25, 0.3) is 0 Å². The third-order valence-corrected chi connectivity index (χ3v) is 3.83. The van der Waals surface area contributed by atoms with Crippen LogP contribution in [0.1, 0.15) is 10.4 Å². The topological polar surface area (TPSA) is 84.6 Å². The van der Waals surface area contributed by atoms with Gasteiger partial charge in [-0.15, -0.1) is 12.4 Å². The van der Waals surface area contributed by atoms with Crippen LogP contribution >= 0.6 is 12.4 Å². The van der Waals surface area contributed by atoms with Crippen molar-refractivity contribution in [2.75, 3.05) is 43.9 Å². The molecule has 128 valence electrons. The van der Waals surface area contributed by atoms with Crippen LogP contribution in [0.3, 0.4) is 0 Å². The number of anilines is 2. The van der Waals surface area contributed by atoms with Crippen molar-refractivity contribution in [2.45, 2.75) is 0 Å². The third kappa shape index (κ3) is 3.86. The number of aromatic nitrogens is 2. The quantitative estimate of drug-likeness (QED) is 0.844. The van der Waals surface area contributed by atoms with Crippen LogP contribution in [0.5, 0.6) is 5.88 Å². The summed E-state index contributed by atoms with van der Waals surface area (Å²) >= 11 is 0. The molecule has 0 spiro atoms. The highest BCUT2D eigenvalue weighted by molar-refractivity contribution is 5.94. The number of halogens is 1. The van der Waals surface area contributed by atoms with Crippen molar-refractivity contribution in [3.05, 3.63) is 42.1 Å². The number of nitrogen functional groups attached to an aromatic ring is 1. The largest absolute Gasteiger partial charge is 0.481 e. The van der Waals surface area contributed by atoms with Gasteiger partial charge in [-0.25, -0.2) is 4.98 Å². The fraction of sp³-hybridized carbons (Fsp3) is 0.312. The normalized spacial score (nSPS) is 14.0. The molecule has 3 rings (SSSR count). The standard InChI is InChI=1S/C16H19N5O2.ClH/c1-23-14-6-7-18-16(19-14)21-10-8-20(9-11-21)15(22)12-2-4-13(17)5-3-12;/h2-7H,8-11,17H2,1H3;1H. The van der Waals surface area contributed by atoms with Crippen molar-refractivity contribution in [2.24, 2.45) is 0 Å². The van der Waals surface area contributed by atoms with E-state index in [0.717, 1.165) is 0 Å². The van der Waals surface area contributed by atoms with Crippen LogP contribution in [-0.2, 0) is 0 Å². The van der Waals surface area contributed by atoms with Gasteiger partial charge in [-0.1, -0.05) is 0 Å². The van der Waals surface area contributed by atoms with Gasteiger partial charge < -0.3 is 20.3 Å². The summed E-state index contributed by atoms with van der Waals surface area (Å²) in [6.45, 7) is 2.63. The number of amides is 1. The summed E-state index contributed by atoms with van der Waals surface area (Å²) in [6, 6.07) is 8.72. The second kappa shape index (κ2) is 7.83. The van der Waals surface area contributed by atoms with Crippen LogP contribution < -0.4 is 15.4 Å². The lowest BCUT2D eigenvalue weighted by Gasteiger charge is -2.34. The van der Waals surface area contributed by atoms with Crippen molar-refractivity contribution < 1.29 is 9.53 Å². The predicted octanol–water partition coefficient (Wildman–Crippen LogP) is 1.45. The molecule has 1 saturated heterocycles. The summed E-state index contributed by atoms with van der Waals surface area (Å²) in [5.41, 5.74) is 6.97. The Morgan fingerprint density at radius 3 is 2.42 bits per heavy atom. The van der Waals surface area contributed by atoms with Crippen LogP contribution in [0.15, 0.2) is 36.5 Å². The molecular weight excluding hydrogens is 330 g/mol. The van der Waals surface area contributed by atoms with E-state index in [1.807, 2.05) is 4.90 Å². The molecule has 1 aromatic carbocycles. The molecule has 0 aliphatic carbocycles. The van der Waals surface area contributed by atoms with Gasteiger partial charge in [-0.05, 0) is 24.3 Å². The number of nitrogens with zero attached hydrogens (tertiary/aromatic N) is 4. The first-order valence-electron chi connectivity index (χ1n) is 7.44. The van der Waals surface area contributed by atoms with Crippen LogP contribution in [0.4, 0.5) is 11.6 Å². The van der Waals surface area contributed by atoms with Crippen molar-refractivity contribution in [3.63, 3.8) is 0 Å². The molecule has 24 heavy (non-hydrogen) atoms. The van der Waals surface area contributed by atoms with Crippen LogP contribution in [-0.4, -0.2) is 54.1 Å². The monoisotopic (exact) mass is 349 g/mol. The molecule has 0 atom stereocenters. The Labute approximate surface area is 146 Å². The van der Waals surface area contributed by atoms with Gasteiger partial charge in [0.05, 0.1) is 7.11 Å². The number of benzene rings is 1. The number of carbonyl (C=O) groups is 1. The Hall–Kier alpha value is -2.54. The zero-order chi connectivity index (χ0) is 16.2. The Bertz CT molecular complexity index is 687. The number of nitrogens with two attached hydrogens (primary N) is 1. The van der Waals surface area contributed by atoms with Gasteiger partial charge in [-0.2, -0.15) is 4.98 Å². The summed E-state index contributed by atoms with van der Waals surface area (Å²) in [4.78, 5) is 25.0. The first kappa shape index (κ1) is 17.8. The van der Waals surface area contributed by atoms with Crippen molar-refractivity contribution >= 4 is 29.9 Å². The van der Waals surface area contributed by atoms with Gasteiger partial charge in [0.2, 0.25) is 11.8 Å². The van der Waals surface area contributed by atoms with E-state index in [1.54, 1.807) is 43.6 Å². The van der Waals surface area contributed by atoms with E-state index in [2.05, 4.69) is 14.9 Å². The molecular formula is C16H20ClN5O2. The summed E-state index contributed by atoms with van der Waals surface area (Å²) in [5.74, 6) is 1.19.